The highest BCUT2D eigenvalue weighted by molar-refractivity contribution is 9.10. The molecule has 3 N–H and O–H groups in total. The second-order valence-corrected chi connectivity index (χ2v) is 5.63. The maximum Gasteiger partial charge on any atom is 0.198 e. The predicted molar refractivity (Wildman–Crippen MR) is 85.6 cm³/mol. The first kappa shape index (κ1) is 16.6. The monoisotopic (exact) mass is 367 g/mol. The standard InChI is InChI=1S/C16H15BrFNO3/c17-10-5-6-15(19-8-11(21)9-20)13(7-10)16(22)12-3-1-2-4-14(12)18/h1-7,11,19-21H,8-9H2. The topological polar surface area (TPSA) is 69.6 Å². The van der Waals surface area contributed by atoms with Crippen molar-refractivity contribution in [2.24, 2.45) is 0 Å². The molecule has 6 heteroatoms. The zero-order valence-electron chi connectivity index (χ0n) is 11.6. The van der Waals surface area contributed by atoms with Gasteiger partial charge >= 0.3 is 0 Å². The van der Waals surface area contributed by atoms with Crippen LogP contribution in [-0.4, -0.2) is 35.3 Å². The van der Waals surface area contributed by atoms with E-state index in [4.69, 9.17) is 5.11 Å². The van der Waals surface area contributed by atoms with Gasteiger partial charge in [-0.3, -0.25) is 4.79 Å². The first-order chi connectivity index (χ1) is 10.5. The molecular weight excluding hydrogens is 353 g/mol. The van der Waals surface area contributed by atoms with Crippen molar-refractivity contribution >= 4 is 27.4 Å². The van der Waals surface area contributed by atoms with Crippen LogP contribution in [-0.2, 0) is 0 Å². The van der Waals surface area contributed by atoms with Crippen LogP contribution in [0.15, 0.2) is 46.9 Å². The Kier molecular flexibility index (Phi) is 5.65. The second kappa shape index (κ2) is 7.49. The highest BCUT2D eigenvalue weighted by Gasteiger charge is 2.18. The van der Waals surface area contributed by atoms with E-state index < -0.39 is 17.7 Å². The van der Waals surface area contributed by atoms with E-state index >= 15 is 0 Å². The fourth-order valence-corrected chi connectivity index (χ4v) is 2.30. The molecule has 4 nitrogen and oxygen atoms in total. The van der Waals surface area contributed by atoms with Gasteiger partial charge in [-0.15, -0.1) is 0 Å². The second-order valence-electron chi connectivity index (χ2n) is 4.72. The van der Waals surface area contributed by atoms with Crippen LogP contribution >= 0.6 is 15.9 Å². The largest absolute Gasteiger partial charge is 0.394 e. The number of carbonyl (C=O) groups excluding carboxylic acids is 1. The summed E-state index contributed by atoms with van der Waals surface area (Å²) < 4.78 is 14.5. The first-order valence-corrected chi connectivity index (χ1v) is 7.43. The zero-order valence-corrected chi connectivity index (χ0v) is 13.2. The van der Waals surface area contributed by atoms with E-state index in [1.807, 2.05) is 0 Å². The number of anilines is 1. The highest BCUT2D eigenvalue weighted by Crippen LogP contribution is 2.25. The van der Waals surface area contributed by atoms with E-state index in [9.17, 15) is 14.3 Å². The fraction of sp³-hybridized carbons (Fsp3) is 0.188. The van der Waals surface area contributed by atoms with Gasteiger partial charge in [0.05, 0.1) is 18.3 Å². The number of halogens is 2. The number of ketones is 1. The quantitative estimate of drug-likeness (QED) is 0.686. The number of aliphatic hydroxyl groups is 2. The molecule has 0 aliphatic rings. The summed E-state index contributed by atoms with van der Waals surface area (Å²) in [6.45, 7) is -0.310. The minimum atomic E-state index is -0.944. The molecule has 0 heterocycles. The molecule has 22 heavy (non-hydrogen) atoms. The van der Waals surface area contributed by atoms with Gasteiger partial charge in [-0.25, -0.2) is 4.39 Å². The van der Waals surface area contributed by atoms with Crippen LogP contribution in [0.1, 0.15) is 15.9 Å². The van der Waals surface area contributed by atoms with Crippen molar-refractivity contribution in [2.45, 2.75) is 6.10 Å². The third kappa shape index (κ3) is 3.91. The van der Waals surface area contributed by atoms with E-state index in [0.29, 0.717) is 10.2 Å². The maximum atomic E-state index is 13.8. The average Bonchev–Trinajstić information content (AvgIpc) is 2.53. The minimum absolute atomic E-state index is 0.0219. The van der Waals surface area contributed by atoms with Crippen LogP contribution in [0.5, 0.6) is 0 Å². The van der Waals surface area contributed by atoms with Crippen molar-refractivity contribution in [1.82, 2.24) is 0 Å². The van der Waals surface area contributed by atoms with E-state index in [-0.39, 0.29) is 24.3 Å². The van der Waals surface area contributed by atoms with Gasteiger partial charge in [0.25, 0.3) is 0 Å². The minimum Gasteiger partial charge on any atom is -0.394 e. The number of benzene rings is 2. The predicted octanol–water partition coefficient (Wildman–Crippen LogP) is 2.58. The van der Waals surface area contributed by atoms with Gasteiger partial charge in [-0.05, 0) is 30.3 Å². The molecule has 0 aliphatic heterocycles. The molecule has 0 bridgehead atoms. The van der Waals surface area contributed by atoms with E-state index in [2.05, 4.69) is 21.2 Å². The molecule has 116 valence electrons. The van der Waals surface area contributed by atoms with Gasteiger partial charge in [0, 0.05) is 22.3 Å². The Balaban J connectivity index is 2.35. The van der Waals surface area contributed by atoms with Gasteiger partial charge < -0.3 is 15.5 Å². The summed E-state index contributed by atoms with van der Waals surface area (Å²) in [6, 6.07) is 10.7. The summed E-state index contributed by atoms with van der Waals surface area (Å²) in [4.78, 5) is 12.5. The Morgan fingerprint density at radius 1 is 1.23 bits per heavy atom. The molecule has 2 aromatic rings. The summed E-state index contributed by atoms with van der Waals surface area (Å²) in [5, 5.41) is 21.1. The molecule has 2 rings (SSSR count). The number of hydrogen-bond donors (Lipinski definition) is 3. The Hall–Kier alpha value is -1.76. The van der Waals surface area contributed by atoms with Gasteiger partial charge in [-0.1, -0.05) is 28.1 Å². The number of aliphatic hydroxyl groups excluding tert-OH is 2. The molecule has 1 atom stereocenters. The normalized spacial score (nSPS) is 12.0. The molecule has 0 aliphatic carbocycles. The Bertz CT molecular complexity index is 678. The summed E-state index contributed by atoms with van der Waals surface area (Å²) in [5.41, 5.74) is 0.722. The molecule has 0 saturated heterocycles. The molecule has 0 fully saturated rings. The third-order valence-corrected chi connectivity index (χ3v) is 3.58. The van der Waals surface area contributed by atoms with Crippen molar-refractivity contribution in [3.8, 4) is 0 Å². The molecule has 1 unspecified atom stereocenters. The van der Waals surface area contributed by atoms with E-state index in [1.54, 1.807) is 24.3 Å². The van der Waals surface area contributed by atoms with E-state index in [0.717, 1.165) is 0 Å². The summed E-state index contributed by atoms with van der Waals surface area (Å²) >= 11 is 3.29. The van der Waals surface area contributed by atoms with Crippen molar-refractivity contribution in [1.29, 1.82) is 0 Å². The van der Waals surface area contributed by atoms with Crippen molar-refractivity contribution in [2.75, 3.05) is 18.5 Å². The molecular formula is C16H15BrFNO3. The molecule has 2 aromatic carbocycles. The van der Waals surface area contributed by atoms with Gasteiger partial charge in [0.15, 0.2) is 5.78 Å². The summed E-state index contributed by atoms with van der Waals surface area (Å²) in [7, 11) is 0. The lowest BCUT2D eigenvalue weighted by molar-refractivity contribution is 0.103. The van der Waals surface area contributed by atoms with Gasteiger partial charge in [0.1, 0.15) is 5.82 Å². The molecule has 0 aromatic heterocycles. The number of rotatable bonds is 6. The van der Waals surface area contributed by atoms with Crippen LogP contribution in [0.25, 0.3) is 0 Å². The van der Waals surface area contributed by atoms with Gasteiger partial charge in [0.2, 0.25) is 0 Å². The van der Waals surface area contributed by atoms with E-state index in [1.165, 1.54) is 18.2 Å². The Morgan fingerprint density at radius 2 is 1.95 bits per heavy atom. The van der Waals surface area contributed by atoms with Crippen LogP contribution < -0.4 is 5.32 Å². The van der Waals surface area contributed by atoms with Crippen LogP contribution in [0, 0.1) is 5.82 Å². The summed E-state index contributed by atoms with van der Waals surface area (Å²) in [6.07, 6.45) is -0.944. The van der Waals surface area contributed by atoms with Crippen molar-refractivity contribution in [3.05, 3.63) is 63.9 Å². The highest BCUT2D eigenvalue weighted by atomic mass is 79.9. The lowest BCUT2D eigenvalue weighted by Gasteiger charge is -2.14. The number of hydrogen-bond acceptors (Lipinski definition) is 4. The molecule has 0 radical (unpaired) electrons. The fourth-order valence-electron chi connectivity index (χ4n) is 1.94. The number of nitrogens with one attached hydrogen (secondary N) is 1. The van der Waals surface area contributed by atoms with Crippen molar-refractivity contribution in [3.63, 3.8) is 0 Å². The van der Waals surface area contributed by atoms with Crippen LogP contribution in [0.3, 0.4) is 0 Å². The Labute approximate surface area is 135 Å². The summed E-state index contributed by atoms with van der Waals surface area (Å²) in [5.74, 6) is -1.05. The zero-order chi connectivity index (χ0) is 16.1. The smallest absolute Gasteiger partial charge is 0.198 e. The lowest BCUT2D eigenvalue weighted by Crippen LogP contribution is -2.24. The van der Waals surface area contributed by atoms with Gasteiger partial charge in [-0.2, -0.15) is 0 Å². The maximum absolute atomic E-state index is 13.8. The third-order valence-electron chi connectivity index (χ3n) is 3.08. The SMILES string of the molecule is O=C(c1ccccc1F)c1cc(Br)ccc1NCC(O)CO. The molecule has 0 spiro atoms. The number of carbonyl (C=O) groups is 1. The van der Waals surface area contributed by atoms with Crippen LogP contribution in [0.4, 0.5) is 10.1 Å². The molecule has 0 saturated carbocycles. The molecule has 0 amide bonds. The lowest BCUT2D eigenvalue weighted by atomic mass is 10.0. The first-order valence-electron chi connectivity index (χ1n) is 6.64. The Morgan fingerprint density at radius 3 is 2.64 bits per heavy atom. The van der Waals surface area contributed by atoms with Crippen LogP contribution in [0.2, 0.25) is 0 Å². The van der Waals surface area contributed by atoms with Crippen molar-refractivity contribution < 1.29 is 19.4 Å². The average molecular weight is 368 g/mol.